The minimum Gasteiger partial charge on any atom is -0.465 e. The maximum Gasteiger partial charge on any atom is 0.337 e. The Morgan fingerprint density at radius 1 is 0.889 bits per heavy atom. The summed E-state index contributed by atoms with van der Waals surface area (Å²) in [7, 11) is 1.33. The Bertz CT molecular complexity index is 990. The van der Waals surface area contributed by atoms with Gasteiger partial charge in [0.1, 0.15) is 0 Å². The van der Waals surface area contributed by atoms with Gasteiger partial charge in [0.25, 0.3) is 0 Å². The predicted octanol–water partition coefficient (Wildman–Crippen LogP) is 5.31. The fraction of sp³-hybridized carbons (Fsp3) is 0.0476. The number of hydrogen-bond acceptors (Lipinski definition) is 4. The van der Waals surface area contributed by atoms with Gasteiger partial charge in [-0.25, -0.2) is 9.59 Å². The molecule has 27 heavy (non-hydrogen) atoms. The van der Waals surface area contributed by atoms with Crippen LogP contribution in [0.25, 0.3) is 0 Å². The molecule has 1 aliphatic heterocycles. The van der Waals surface area contributed by atoms with E-state index < -0.39 is 5.97 Å². The molecule has 1 N–H and O–H groups in total. The average Bonchev–Trinajstić information content (AvgIpc) is 2.71. The molecule has 2 amide bonds. The van der Waals surface area contributed by atoms with E-state index in [4.69, 9.17) is 4.74 Å². The fourth-order valence-corrected chi connectivity index (χ4v) is 4.00. The minimum absolute atomic E-state index is 0.294. The molecule has 4 rings (SSSR count). The Labute approximate surface area is 161 Å². The van der Waals surface area contributed by atoms with Gasteiger partial charge in [-0.15, -0.1) is 0 Å². The molecular formula is C21H16N2O3S. The highest BCUT2D eigenvalue weighted by molar-refractivity contribution is 7.99. The van der Waals surface area contributed by atoms with Gasteiger partial charge in [-0.1, -0.05) is 42.1 Å². The van der Waals surface area contributed by atoms with E-state index in [0.717, 1.165) is 21.2 Å². The molecular weight excluding hydrogens is 360 g/mol. The van der Waals surface area contributed by atoms with E-state index in [1.807, 2.05) is 48.5 Å². The summed E-state index contributed by atoms with van der Waals surface area (Å²) in [4.78, 5) is 28.5. The summed E-state index contributed by atoms with van der Waals surface area (Å²) >= 11 is 1.64. The second kappa shape index (κ2) is 7.17. The van der Waals surface area contributed by atoms with Crippen molar-refractivity contribution in [1.29, 1.82) is 0 Å². The quantitative estimate of drug-likeness (QED) is 0.616. The van der Waals surface area contributed by atoms with Gasteiger partial charge < -0.3 is 10.1 Å². The third kappa shape index (κ3) is 3.27. The highest BCUT2D eigenvalue weighted by atomic mass is 32.2. The van der Waals surface area contributed by atoms with Crippen LogP contribution in [0.1, 0.15) is 10.4 Å². The van der Waals surface area contributed by atoms with Gasteiger partial charge >= 0.3 is 12.0 Å². The molecule has 3 aromatic rings. The van der Waals surface area contributed by atoms with Crippen molar-refractivity contribution >= 4 is 40.8 Å². The number of carbonyl (C=O) groups excluding carboxylic acids is 2. The van der Waals surface area contributed by atoms with Gasteiger partial charge in [-0.2, -0.15) is 0 Å². The Morgan fingerprint density at radius 2 is 1.52 bits per heavy atom. The monoisotopic (exact) mass is 376 g/mol. The van der Waals surface area contributed by atoms with Gasteiger partial charge in [0.05, 0.1) is 24.0 Å². The van der Waals surface area contributed by atoms with Crippen molar-refractivity contribution < 1.29 is 14.3 Å². The standard InChI is InChI=1S/C21H16N2O3S/c1-26-20(24)14-7-6-8-15(13-14)22-21(25)23-16-9-2-4-11-18(16)27-19-12-5-3-10-17(19)23/h2-13H,1H3,(H,22,25). The van der Waals surface area contributed by atoms with Crippen LogP contribution in [-0.2, 0) is 4.74 Å². The number of para-hydroxylation sites is 2. The largest absolute Gasteiger partial charge is 0.465 e. The minimum atomic E-state index is -0.448. The smallest absolute Gasteiger partial charge is 0.337 e. The zero-order valence-corrected chi connectivity index (χ0v) is 15.3. The van der Waals surface area contributed by atoms with Crippen LogP contribution in [0.2, 0.25) is 0 Å². The number of amides is 2. The molecule has 0 aromatic heterocycles. The number of carbonyl (C=O) groups is 2. The number of hydrogen-bond donors (Lipinski definition) is 1. The van der Waals surface area contributed by atoms with Crippen molar-refractivity contribution in [2.24, 2.45) is 0 Å². The van der Waals surface area contributed by atoms with Crippen molar-refractivity contribution in [1.82, 2.24) is 0 Å². The molecule has 0 atom stereocenters. The van der Waals surface area contributed by atoms with Crippen molar-refractivity contribution in [3.05, 3.63) is 78.4 Å². The molecule has 0 saturated heterocycles. The lowest BCUT2D eigenvalue weighted by Crippen LogP contribution is -2.32. The van der Waals surface area contributed by atoms with Gasteiger partial charge in [-0.3, -0.25) is 4.90 Å². The third-order valence-corrected chi connectivity index (χ3v) is 5.30. The molecule has 0 spiro atoms. The number of methoxy groups -OCH3 is 1. The summed E-state index contributed by atoms with van der Waals surface area (Å²) in [5.74, 6) is -0.448. The Kier molecular flexibility index (Phi) is 4.56. The van der Waals surface area contributed by atoms with Gasteiger partial charge in [0.2, 0.25) is 0 Å². The molecule has 0 aliphatic carbocycles. The van der Waals surface area contributed by atoms with E-state index in [1.54, 1.807) is 40.9 Å². The van der Waals surface area contributed by atoms with E-state index in [0.29, 0.717) is 11.3 Å². The molecule has 1 heterocycles. The van der Waals surface area contributed by atoms with Crippen molar-refractivity contribution in [3.63, 3.8) is 0 Å². The SMILES string of the molecule is COC(=O)c1cccc(NC(=O)N2c3ccccc3Sc3ccccc32)c1. The Morgan fingerprint density at radius 3 is 2.15 bits per heavy atom. The van der Waals surface area contributed by atoms with E-state index in [2.05, 4.69) is 5.32 Å². The second-order valence-corrected chi connectivity index (χ2v) is 6.96. The lowest BCUT2D eigenvalue weighted by molar-refractivity contribution is 0.0600. The highest BCUT2D eigenvalue weighted by Gasteiger charge is 2.28. The van der Waals surface area contributed by atoms with E-state index in [-0.39, 0.29) is 6.03 Å². The maximum absolute atomic E-state index is 13.1. The van der Waals surface area contributed by atoms with Crippen LogP contribution in [-0.4, -0.2) is 19.1 Å². The van der Waals surface area contributed by atoms with E-state index >= 15 is 0 Å². The zero-order valence-electron chi connectivity index (χ0n) is 14.5. The molecule has 134 valence electrons. The number of benzene rings is 3. The van der Waals surface area contributed by atoms with Crippen LogP contribution in [0.4, 0.5) is 21.9 Å². The van der Waals surface area contributed by atoms with Crippen LogP contribution in [0.5, 0.6) is 0 Å². The number of nitrogens with one attached hydrogen (secondary N) is 1. The summed E-state index contributed by atoms with van der Waals surface area (Å²) in [5, 5.41) is 2.88. The van der Waals surface area contributed by atoms with Crippen LogP contribution in [0.15, 0.2) is 82.6 Å². The lowest BCUT2D eigenvalue weighted by Gasteiger charge is -2.31. The van der Waals surface area contributed by atoms with Crippen molar-refractivity contribution in [2.45, 2.75) is 9.79 Å². The summed E-state index contributed by atoms with van der Waals surface area (Å²) in [5.41, 5.74) is 2.55. The normalized spacial score (nSPS) is 12.0. The predicted molar refractivity (Wildman–Crippen MR) is 106 cm³/mol. The molecule has 0 bridgehead atoms. The topological polar surface area (TPSA) is 58.6 Å². The fourth-order valence-electron chi connectivity index (χ4n) is 2.94. The molecule has 1 aliphatic rings. The average molecular weight is 376 g/mol. The third-order valence-electron chi connectivity index (χ3n) is 4.17. The van der Waals surface area contributed by atoms with Crippen LogP contribution in [0, 0.1) is 0 Å². The first-order chi connectivity index (χ1) is 13.2. The molecule has 3 aromatic carbocycles. The van der Waals surface area contributed by atoms with Gasteiger partial charge in [-0.05, 0) is 42.5 Å². The summed E-state index contributed by atoms with van der Waals surface area (Å²) < 4.78 is 4.74. The lowest BCUT2D eigenvalue weighted by atomic mass is 10.2. The summed E-state index contributed by atoms with van der Waals surface area (Å²) in [6.07, 6.45) is 0. The number of esters is 1. The first-order valence-electron chi connectivity index (χ1n) is 8.33. The molecule has 0 saturated carbocycles. The first-order valence-corrected chi connectivity index (χ1v) is 9.14. The van der Waals surface area contributed by atoms with E-state index in [1.165, 1.54) is 7.11 Å². The number of rotatable bonds is 2. The molecule has 6 heteroatoms. The van der Waals surface area contributed by atoms with Crippen LogP contribution in [0.3, 0.4) is 0 Å². The number of nitrogens with zero attached hydrogens (tertiary/aromatic N) is 1. The molecule has 5 nitrogen and oxygen atoms in total. The molecule has 0 radical (unpaired) electrons. The van der Waals surface area contributed by atoms with E-state index in [9.17, 15) is 9.59 Å². The van der Waals surface area contributed by atoms with Crippen LogP contribution < -0.4 is 10.2 Å². The van der Waals surface area contributed by atoms with Gasteiger partial charge in [0.15, 0.2) is 0 Å². The molecule has 0 unspecified atom stereocenters. The molecule has 0 fully saturated rings. The summed E-state index contributed by atoms with van der Waals surface area (Å²) in [6, 6.07) is 21.9. The highest BCUT2D eigenvalue weighted by Crippen LogP contribution is 2.47. The first kappa shape index (κ1) is 17.2. The number of urea groups is 1. The second-order valence-electron chi connectivity index (χ2n) is 5.88. The summed E-state index contributed by atoms with van der Waals surface area (Å²) in [6.45, 7) is 0. The Balaban J connectivity index is 1.69. The number of fused-ring (bicyclic) bond motifs is 2. The number of ether oxygens (including phenoxy) is 1. The van der Waals surface area contributed by atoms with Crippen molar-refractivity contribution in [2.75, 3.05) is 17.3 Å². The van der Waals surface area contributed by atoms with Gasteiger partial charge in [0, 0.05) is 15.5 Å². The van der Waals surface area contributed by atoms with Crippen molar-refractivity contribution in [3.8, 4) is 0 Å². The number of anilines is 3. The Hall–Kier alpha value is -3.25. The maximum atomic E-state index is 13.1. The van der Waals surface area contributed by atoms with Crippen LogP contribution >= 0.6 is 11.8 Å². The zero-order chi connectivity index (χ0) is 18.8.